The molecule has 1 aromatic rings. The molecular formula is C11H16N2OS. The summed E-state index contributed by atoms with van der Waals surface area (Å²) in [6.45, 7) is 4.22. The zero-order valence-corrected chi connectivity index (χ0v) is 9.86. The Morgan fingerprint density at radius 1 is 1.53 bits per heavy atom. The molecule has 1 amide bonds. The molecule has 0 radical (unpaired) electrons. The van der Waals surface area contributed by atoms with Crippen molar-refractivity contribution in [3.05, 3.63) is 23.8 Å². The number of benzene rings is 1. The fourth-order valence-corrected chi connectivity index (χ4v) is 2.11. The van der Waals surface area contributed by atoms with Crippen LogP contribution < -0.4 is 11.1 Å². The van der Waals surface area contributed by atoms with Crippen molar-refractivity contribution in [3.63, 3.8) is 0 Å². The Hall–Kier alpha value is -1.16. The van der Waals surface area contributed by atoms with Crippen LogP contribution >= 0.6 is 11.8 Å². The lowest BCUT2D eigenvalue weighted by Crippen LogP contribution is -2.22. The molecule has 4 heteroatoms. The molecule has 82 valence electrons. The minimum Gasteiger partial charge on any atom is -0.398 e. The summed E-state index contributed by atoms with van der Waals surface area (Å²) >= 11 is 1.71. The fraction of sp³-hybridized carbons (Fsp3) is 0.364. The van der Waals surface area contributed by atoms with Crippen molar-refractivity contribution in [1.29, 1.82) is 0 Å². The maximum Gasteiger partial charge on any atom is 0.216 e. The van der Waals surface area contributed by atoms with E-state index in [1.807, 2.05) is 25.1 Å². The van der Waals surface area contributed by atoms with Gasteiger partial charge >= 0.3 is 0 Å². The van der Waals surface area contributed by atoms with Gasteiger partial charge in [0, 0.05) is 29.8 Å². The van der Waals surface area contributed by atoms with Crippen LogP contribution in [0, 0.1) is 6.92 Å². The molecule has 0 fully saturated rings. The van der Waals surface area contributed by atoms with Crippen molar-refractivity contribution in [1.82, 2.24) is 5.32 Å². The molecular weight excluding hydrogens is 208 g/mol. The summed E-state index contributed by atoms with van der Waals surface area (Å²) in [6, 6.07) is 5.89. The first kappa shape index (κ1) is 11.9. The van der Waals surface area contributed by atoms with E-state index in [0.717, 1.165) is 17.0 Å². The topological polar surface area (TPSA) is 55.1 Å². The van der Waals surface area contributed by atoms with Crippen molar-refractivity contribution < 1.29 is 4.79 Å². The van der Waals surface area contributed by atoms with Crippen molar-refractivity contribution >= 4 is 23.4 Å². The highest BCUT2D eigenvalue weighted by Gasteiger charge is 2.01. The quantitative estimate of drug-likeness (QED) is 0.466. The summed E-state index contributed by atoms with van der Waals surface area (Å²) in [6.07, 6.45) is 0. The molecule has 1 aromatic carbocycles. The Balaban J connectivity index is 2.44. The van der Waals surface area contributed by atoms with E-state index < -0.39 is 0 Å². The number of carbonyl (C=O) groups is 1. The van der Waals surface area contributed by atoms with Crippen LogP contribution in [-0.2, 0) is 4.79 Å². The van der Waals surface area contributed by atoms with Crippen LogP contribution in [0.2, 0.25) is 0 Å². The van der Waals surface area contributed by atoms with E-state index in [1.165, 1.54) is 11.8 Å². The number of nitrogens with one attached hydrogen (secondary N) is 1. The van der Waals surface area contributed by atoms with Crippen molar-refractivity contribution in [2.75, 3.05) is 18.0 Å². The predicted octanol–water partition coefficient (Wildman–Crippen LogP) is 1.81. The van der Waals surface area contributed by atoms with Crippen LogP contribution in [-0.4, -0.2) is 18.2 Å². The molecule has 1 rings (SSSR count). The molecule has 0 heterocycles. The maximum atomic E-state index is 10.6. The molecule has 0 aliphatic carbocycles. The van der Waals surface area contributed by atoms with E-state index in [1.54, 1.807) is 11.8 Å². The molecule has 0 saturated heterocycles. The van der Waals surface area contributed by atoms with Gasteiger partial charge in [-0.1, -0.05) is 6.07 Å². The van der Waals surface area contributed by atoms with Gasteiger partial charge in [-0.2, -0.15) is 0 Å². The van der Waals surface area contributed by atoms with Gasteiger partial charge in [0.25, 0.3) is 0 Å². The molecule has 0 unspecified atom stereocenters. The second-order valence-corrected chi connectivity index (χ2v) is 4.44. The highest BCUT2D eigenvalue weighted by Crippen LogP contribution is 2.25. The minimum atomic E-state index is 0.0138. The minimum absolute atomic E-state index is 0.0138. The first-order chi connectivity index (χ1) is 7.11. The number of thioether (sulfide) groups is 1. The number of amides is 1. The molecule has 0 bridgehead atoms. The molecule has 0 spiro atoms. The van der Waals surface area contributed by atoms with Crippen LogP contribution in [0.4, 0.5) is 5.69 Å². The Bertz CT molecular complexity index is 352. The van der Waals surface area contributed by atoms with Gasteiger partial charge in [0.15, 0.2) is 0 Å². The highest BCUT2D eigenvalue weighted by molar-refractivity contribution is 7.99. The Kier molecular flexibility index (Phi) is 4.49. The number of anilines is 1. The van der Waals surface area contributed by atoms with Crippen molar-refractivity contribution in [3.8, 4) is 0 Å². The van der Waals surface area contributed by atoms with E-state index in [-0.39, 0.29) is 5.91 Å². The summed E-state index contributed by atoms with van der Waals surface area (Å²) < 4.78 is 0. The van der Waals surface area contributed by atoms with Gasteiger partial charge in [-0.15, -0.1) is 11.8 Å². The van der Waals surface area contributed by atoms with Gasteiger partial charge in [0.1, 0.15) is 0 Å². The summed E-state index contributed by atoms with van der Waals surface area (Å²) in [5.74, 6) is 0.879. The van der Waals surface area contributed by atoms with Crippen LogP contribution in [0.15, 0.2) is 23.1 Å². The molecule has 0 aliphatic rings. The van der Waals surface area contributed by atoms with Crippen LogP contribution in [0.25, 0.3) is 0 Å². The number of hydrogen-bond donors (Lipinski definition) is 2. The van der Waals surface area contributed by atoms with Gasteiger partial charge in [-0.25, -0.2) is 0 Å². The van der Waals surface area contributed by atoms with Gasteiger partial charge in [-0.3, -0.25) is 4.79 Å². The maximum absolute atomic E-state index is 10.6. The molecule has 3 nitrogen and oxygen atoms in total. The smallest absolute Gasteiger partial charge is 0.216 e. The van der Waals surface area contributed by atoms with E-state index in [9.17, 15) is 4.79 Å². The number of nitrogen functional groups attached to an aromatic ring is 1. The average molecular weight is 224 g/mol. The first-order valence-corrected chi connectivity index (χ1v) is 5.82. The van der Waals surface area contributed by atoms with Crippen molar-refractivity contribution in [2.24, 2.45) is 0 Å². The highest BCUT2D eigenvalue weighted by atomic mass is 32.2. The second-order valence-electron chi connectivity index (χ2n) is 3.30. The van der Waals surface area contributed by atoms with Gasteiger partial charge in [0.05, 0.1) is 0 Å². The third-order valence-corrected chi connectivity index (χ3v) is 3.22. The number of hydrogen-bond acceptors (Lipinski definition) is 3. The number of nitrogens with two attached hydrogens (primary N) is 1. The third-order valence-electron chi connectivity index (χ3n) is 2.06. The van der Waals surface area contributed by atoms with Crippen molar-refractivity contribution in [2.45, 2.75) is 18.7 Å². The van der Waals surface area contributed by atoms with E-state index in [4.69, 9.17) is 5.73 Å². The lowest BCUT2D eigenvalue weighted by molar-refractivity contribution is -0.118. The summed E-state index contributed by atoms with van der Waals surface area (Å²) in [5, 5.41) is 2.76. The Labute approximate surface area is 94.4 Å². The van der Waals surface area contributed by atoms with E-state index >= 15 is 0 Å². The fourth-order valence-electron chi connectivity index (χ4n) is 1.18. The van der Waals surface area contributed by atoms with Gasteiger partial charge in [0.2, 0.25) is 5.91 Å². The molecule has 0 saturated carbocycles. The largest absolute Gasteiger partial charge is 0.398 e. The summed E-state index contributed by atoms with van der Waals surface area (Å²) in [4.78, 5) is 11.8. The molecule has 0 aliphatic heterocycles. The van der Waals surface area contributed by atoms with E-state index in [0.29, 0.717) is 6.54 Å². The zero-order chi connectivity index (χ0) is 11.3. The normalized spacial score (nSPS) is 10.0. The number of rotatable bonds is 4. The molecule has 3 N–H and O–H groups in total. The average Bonchev–Trinajstić information content (AvgIpc) is 2.18. The number of carbonyl (C=O) groups excluding carboxylic acids is 1. The second kappa shape index (κ2) is 5.66. The zero-order valence-electron chi connectivity index (χ0n) is 9.04. The summed E-state index contributed by atoms with van der Waals surface area (Å²) in [7, 11) is 0. The van der Waals surface area contributed by atoms with Crippen LogP contribution in [0.3, 0.4) is 0 Å². The predicted molar refractivity (Wildman–Crippen MR) is 65.0 cm³/mol. The molecule has 0 aromatic heterocycles. The molecule has 0 atom stereocenters. The lowest BCUT2D eigenvalue weighted by Gasteiger charge is -2.07. The van der Waals surface area contributed by atoms with Crippen LogP contribution in [0.1, 0.15) is 12.5 Å². The van der Waals surface area contributed by atoms with Crippen LogP contribution in [0.5, 0.6) is 0 Å². The third kappa shape index (κ3) is 3.83. The standard InChI is InChI=1S/C11H16N2OS/c1-8-10(12)4-3-5-11(8)15-7-6-13-9(2)14/h3-5H,6-7,12H2,1-2H3,(H,13,14). The Morgan fingerprint density at radius 2 is 2.27 bits per heavy atom. The summed E-state index contributed by atoms with van der Waals surface area (Å²) in [5.41, 5.74) is 7.73. The lowest BCUT2D eigenvalue weighted by atomic mass is 10.2. The monoisotopic (exact) mass is 224 g/mol. The van der Waals surface area contributed by atoms with Gasteiger partial charge in [-0.05, 0) is 24.6 Å². The SMILES string of the molecule is CC(=O)NCCSc1cccc(N)c1C. The Morgan fingerprint density at radius 3 is 2.93 bits per heavy atom. The van der Waals surface area contributed by atoms with Gasteiger partial charge < -0.3 is 11.1 Å². The first-order valence-electron chi connectivity index (χ1n) is 4.83. The van der Waals surface area contributed by atoms with E-state index in [2.05, 4.69) is 5.32 Å². The molecule has 15 heavy (non-hydrogen) atoms.